The van der Waals surface area contributed by atoms with E-state index >= 15 is 0 Å². The van der Waals surface area contributed by atoms with Crippen molar-refractivity contribution in [2.75, 3.05) is 26.8 Å². The van der Waals surface area contributed by atoms with Crippen molar-refractivity contribution in [1.29, 1.82) is 0 Å². The van der Waals surface area contributed by atoms with E-state index < -0.39 is 0 Å². The van der Waals surface area contributed by atoms with Crippen molar-refractivity contribution in [2.45, 2.75) is 13.8 Å². The molecule has 1 aromatic rings. The van der Waals surface area contributed by atoms with Gasteiger partial charge in [-0.2, -0.15) is 0 Å². The van der Waals surface area contributed by atoms with Crippen molar-refractivity contribution in [3.8, 4) is 11.5 Å². The van der Waals surface area contributed by atoms with Crippen LogP contribution < -0.4 is 20.1 Å². The van der Waals surface area contributed by atoms with Gasteiger partial charge in [0.2, 0.25) is 5.91 Å². The van der Waals surface area contributed by atoms with Crippen LogP contribution in [0.25, 0.3) is 0 Å². The van der Waals surface area contributed by atoms with Crippen molar-refractivity contribution in [1.82, 2.24) is 10.6 Å². The summed E-state index contributed by atoms with van der Waals surface area (Å²) in [7, 11) is 1.58. The van der Waals surface area contributed by atoms with Crippen LogP contribution in [-0.4, -0.2) is 38.6 Å². The molecule has 2 amide bonds. The smallest absolute Gasteiger partial charge is 0.258 e. The van der Waals surface area contributed by atoms with Gasteiger partial charge < -0.3 is 20.1 Å². The molecule has 0 aromatic heterocycles. The highest BCUT2D eigenvalue weighted by Crippen LogP contribution is 2.16. The topological polar surface area (TPSA) is 76.7 Å². The molecule has 0 spiro atoms. The van der Waals surface area contributed by atoms with E-state index in [0.717, 1.165) is 0 Å². The lowest BCUT2D eigenvalue weighted by Crippen LogP contribution is -2.39. The molecule has 116 valence electrons. The Morgan fingerprint density at radius 2 is 1.67 bits per heavy atom. The molecule has 6 nitrogen and oxygen atoms in total. The fourth-order valence-corrected chi connectivity index (χ4v) is 1.43. The first-order valence-electron chi connectivity index (χ1n) is 6.81. The van der Waals surface area contributed by atoms with Gasteiger partial charge >= 0.3 is 0 Å². The highest BCUT2D eigenvalue weighted by atomic mass is 16.5. The van der Waals surface area contributed by atoms with Crippen LogP contribution in [0.15, 0.2) is 24.3 Å². The summed E-state index contributed by atoms with van der Waals surface area (Å²) in [4.78, 5) is 23.0. The van der Waals surface area contributed by atoms with Crippen LogP contribution >= 0.6 is 0 Å². The van der Waals surface area contributed by atoms with E-state index in [4.69, 9.17) is 9.47 Å². The Bertz CT molecular complexity index is 457. The molecule has 0 aliphatic carbocycles. The Morgan fingerprint density at radius 1 is 1.05 bits per heavy atom. The minimum Gasteiger partial charge on any atom is -0.497 e. The van der Waals surface area contributed by atoms with Crippen LogP contribution in [0.2, 0.25) is 0 Å². The van der Waals surface area contributed by atoms with E-state index in [2.05, 4.69) is 10.6 Å². The summed E-state index contributed by atoms with van der Waals surface area (Å²) in [6.45, 7) is 4.42. The number of benzene rings is 1. The predicted octanol–water partition coefficient (Wildman–Crippen LogP) is 0.962. The summed E-state index contributed by atoms with van der Waals surface area (Å²) in [6.07, 6.45) is 0. The quantitative estimate of drug-likeness (QED) is 0.749. The standard InChI is InChI=1S/C15H22N2O4/c1-11(2)8-16-14(18)9-17-15(19)10-21-13-6-4-12(20-3)5-7-13/h4-7,11H,8-10H2,1-3H3,(H,16,18)(H,17,19). The molecule has 6 heteroatoms. The lowest BCUT2D eigenvalue weighted by molar-refractivity contribution is -0.127. The molecule has 0 aliphatic rings. The number of ether oxygens (including phenoxy) is 2. The van der Waals surface area contributed by atoms with Gasteiger partial charge in [-0.3, -0.25) is 9.59 Å². The molecule has 0 saturated heterocycles. The zero-order chi connectivity index (χ0) is 15.7. The highest BCUT2D eigenvalue weighted by Gasteiger charge is 2.06. The Kier molecular flexibility index (Phi) is 7.08. The maximum atomic E-state index is 11.5. The van der Waals surface area contributed by atoms with E-state index in [9.17, 15) is 9.59 Å². The Hall–Kier alpha value is -2.24. The van der Waals surface area contributed by atoms with Gasteiger partial charge in [-0.25, -0.2) is 0 Å². The molecule has 0 radical (unpaired) electrons. The van der Waals surface area contributed by atoms with Gasteiger partial charge in [0.1, 0.15) is 11.5 Å². The van der Waals surface area contributed by atoms with Gasteiger partial charge in [0.15, 0.2) is 6.61 Å². The predicted molar refractivity (Wildman–Crippen MR) is 79.3 cm³/mol. The lowest BCUT2D eigenvalue weighted by atomic mass is 10.2. The van der Waals surface area contributed by atoms with Gasteiger partial charge in [-0.1, -0.05) is 13.8 Å². The van der Waals surface area contributed by atoms with Crippen LogP contribution in [0.3, 0.4) is 0 Å². The Morgan fingerprint density at radius 3 is 2.24 bits per heavy atom. The molecule has 1 aromatic carbocycles. The number of hydrogen-bond donors (Lipinski definition) is 2. The molecule has 0 saturated carbocycles. The molecule has 1 rings (SSSR count). The van der Waals surface area contributed by atoms with Gasteiger partial charge in [-0.15, -0.1) is 0 Å². The fourth-order valence-electron chi connectivity index (χ4n) is 1.43. The third kappa shape index (κ3) is 7.20. The zero-order valence-electron chi connectivity index (χ0n) is 12.6. The first-order valence-corrected chi connectivity index (χ1v) is 6.81. The van der Waals surface area contributed by atoms with Crippen LogP contribution in [0.4, 0.5) is 0 Å². The maximum Gasteiger partial charge on any atom is 0.258 e. The second-order valence-electron chi connectivity index (χ2n) is 4.94. The molecule has 0 bridgehead atoms. The summed E-state index contributed by atoms with van der Waals surface area (Å²) < 4.78 is 10.3. The number of hydrogen-bond acceptors (Lipinski definition) is 4. The minimum absolute atomic E-state index is 0.0441. The monoisotopic (exact) mass is 294 g/mol. The number of methoxy groups -OCH3 is 1. The van der Waals surface area contributed by atoms with Crippen molar-refractivity contribution in [3.05, 3.63) is 24.3 Å². The largest absolute Gasteiger partial charge is 0.497 e. The molecular weight excluding hydrogens is 272 g/mol. The Labute approximate surface area is 124 Å². The van der Waals surface area contributed by atoms with Crippen LogP contribution in [0, 0.1) is 5.92 Å². The zero-order valence-corrected chi connectivity index (χ0v) is 12.6. The van der Waals surface area contributed by atoms with Crippen molar-refractivity contribution >= 4 is 11.8 Å². The van der Waals surface area contributed by atoms with Gasteiger partial charge in [-0.05, 0) is 30.2 Å². The lowest BCUT2D eigenvalue weighted by Gasteiger charge is -2.09. The summed E-state index contributed by atoms with van der Waals surface area (Å²) in [6, 6.07) is 6.90. The highest BCUT2D eigenvalue weighted by molar-refractivity contribution is 5.85. The summed E-state index contributed by atoms with van der Waals surface area (Å²) in [5.41, 5.74) is 0. The first-order chi connectivity index (χ1) is 10.0. The number of rotatable bonds is 8. The van der Waals surface area contributed by atoms with E-state index in [1.165, 1.54) is 0 Å². The van der Waals surface area contributed by atoms with Crippen LogP contribution in [-0.2, 0) is 9.59 Å². The minimum atomic E-state index is -0.342. The number of nitrogens with one attached hydrogen (secondary N) is 2. The molecular formula is C15H22N2O4. The number of carbonyl (C=O) groups excluding carboxylic acids is 2. The van der Waals surface area contributed by atoms with E-state index in [1.807, 2.05) is 13.8 Å². The summed E-state index contributed by atoms with van der Waals surface area (Å²) in [5.74, 6) is 1.11. The first kappa shape index (κ1) is 16.8. The van der Waals surface area contributed by atoms with Gasteiger partial charge in [0.25, 0.3) is 5.91 Å². The molecule has 0 heterocycles. The molecule has 0 fully saturated rings. The van der Waals surface area contributed by atoms with E-state index in [0.29, 0.717) is 24.0 Å². The fraction of sp³-hybridized carbons (Fsp3) is 0.467. The Balaban J connectivity index is 2.22. The second-order valence-corrected chi connectivity index (χ2v) is 4.94. The van der Waals surface area contributed by atoms with E-state index in [1.54, 1.807) is 31.4 Å². The average molecular weight is 294 g/mol. The van der Waals surface area contributed by atoms with Crippen molar-refractivity contribution in [3.63, 3.8) is 0 Å². The molecule has 0 unspecified atom stereocenters. The SMILES string of the molecule is COc1ccc(OCC(=O)NCC(=O)NCC(C)C)cc1. The van der Waals surface area contributed by atoms with Crippen molar-refractivity contribution in [2.24, 2.45) is 5.92 Å². The average Bonchev–Trinajstić information content (AvgIpc) is 2.49. The normalized spacial score (nSPS) is 10.1. The van der Waals surface area contributed by atoms with Crippen LogP contribution in [0.5, 0.6) is 11.5 Å². The van der Waals surface area contributed by atoms with Gasteiger partial charge in [0, 0.05) is 6.54 Å². The molecule has 0 atom stereocenters. The maximum absolute atomic E-state index is 11.5. The number of amides is 2. The van der Waals surface area contributed by atoms with E-state index in [-0.39, 0.29) is 25.0 Å². The van der Waals surface area contributed by atoms with Gasteiger partial charge in [0.05, 0.1) is 13.7 Å². The van der Waals surface area contributed by atoms with Crippen molar-refractivity contribution < 1.29 is 19.1 Å². The molecule has 2 N–H and O–H groups in total. The second kappa shape index (κ2) is 8.84. The number of carbonyl (C=O) groups is 2. The third-order valence-corrected chi connectivity index (χ3v) is 2.58. The molecule has 0 aliphatic heterocycles. The van der Waals surface area contributed by atoms with Crippen LogP contribution in [0.1, 0.15) is 13.8 Å². The summed E-state index contributed by atoms with van der Waals surface area (Å²) >= 11 is 0. The summed E-state index contributed by atoms with van der Waals surface area (Å²) in [5, 5.41) is 5.21. The third-order valence-electron chi connectivity index (χ3n) is 2.58. The molecule has 21 heavy (non-hydrogen) atoms.